The van der Waals surface area contributed by atoms with Crippen LogP contribution in [0.4, 0.5) is 0 Å². The van der Waals surface area contributed by atoms with Gasteiger partial charge in [-0.3, -0.25) is 10.1 Å². The molecule has 1 rings (SSSR count). The fourth-order valence-electron chi connectivity index (χ4n) is 1.16. The van der Waals surface area contributed by atoms with Crippen LogP contribution in [0.2, 0.25) is 0 Å². The number of amides is 1. The molecule has 3 nitrogen and oxygen atoms in total. The summed E-state index contributed by atoms with van der Waals surface area (Å²) in [6.45, 7) is 3.81. The fraction of sp³-hybridized carbons (Fsp3) is 0.500. The predicted molar refractivity (Wildman–Crippen MR) is 74.1 cm³/mol. The minimum absolute atomic E-state index is 0.0826. The third kappa shape index (κ3) is 5.02. The molecule has 1 amide bonds. The van der Waals surface area contributed by atoms with E-state index in [1.54, 1.807) is 12.1 Å². The first-order valence-corrected chi connectivity index (χ1v) is 6.99. The molecule has 1 atom stereocenters. The first-order chi connectivity index (χ1) is 7.80. The Morgan fingerprint density at radius 3 is 2.47 bits per heavy atom. The highest BCUT2D eigenvalue weighted by molar-refractivity contribution is 7.12. The summed E-state index contributed by atoms with van der Waals surface area (Å²) in [5, 5.41) is 7.46. The van der Waals surface area contributed by atoms with Crippen LogP contribution in [-0.4, -0.2) is 21.9 Å². The molecule has 1 aromatic rings. The van der Waals surface area contributed by atoms with Crippen LogP contribution in [0.25, 0.3) is 0 Å². The molecule has 0 saturated carbocycles. The van der Waals surface area contributed by atoms with E-state index in [1.807, 2.05) is 19.2 Å². The second kappa shape index (κ2) is 6.25. The van der Waals surface area contributed by atoms with E-state index < -0.39 is 9.96 Å². The van der Waals surface area contributed by atoms with E-state index in [4.69, 9.17) is 34.8 Å². The molecule has 1 heterocycles. The molecule has 7 heteroatoms. The maximum atomic E-state index is 11.8. The average molecular weight is 316 g/mol. The smallest absolute Gasteiger partial charge is 0.262 e. The molecule has 0 aliphatic rings. The van der Waals surface area contributed by atoms with Gasteiger partial charge in [-0.1, -0.05) is 40.9 Å². The van der Waals surface area contributed by atoms with E-state index in [0.29, 0.717) is 4.88 Å². The van der Waals surface area contributed by atoms with Gasteiger partial charge in [-0.15, -0.1) is 11.3 Å². The van der Waals surface area contributed by atoms with Gasteiger partial charge in [-0.25, -0.2) is 0 Å². The number of carbonyl (C=O) groups is 1. The van der Waals surface area contributed by atoms with Gasteiger partial charge in [0.2, 0.25) is 3.79 Å². The van der Waals surface area contributed by atoms with Crippen LogP contribution in [0.1, 0.15) is 23.5 Å². The van der Waals surface area contributed by atoms with Gasteiger partial charge in [0.15, 0.2) is 0 Å². The lowest BCUT2D eigenvalue weighted by atomic mass is 10.3. The molecule has 0 aliphatic heterocycles. The molecule has 0 radical (unpaired) electrons. The Kier molecular flexibility index (Phi) is 5.54. The molecule has 17 heavy (non-hydrogen) atoms. The highest BCUT2D eigenvalue weighted by Gasteiger charge is 2.34. The first-order valence-electron chi connectivity index (χ1n) is 4.98. The second-order valence-electron chi connectivity index (χ2n) is 3.75. The van der Waals surface area contributed by atoms with Crippen LogP contribution in [0.5, 0.6) is 0 Å². The summed E-state index contributed by atoms with van der Waals surface area (Å²) in [4.78, 5) is 12.4. The maximum absolute atomic E-state index is 11.8. The zero-order valence-corrected chi connectivity index (χ0v) is 12.4. The van der Waals surface area contributed by atoms with Crippen molar-refractivity contribution in [3.63, 3.8) is 0 Å². The molecule has 96 valence electrons. The molecule has 0 saturated heterocycles. The number of nitrogens with one attached hydrogen (secondary N) is 2. The average Bonchev–Trinajstić information content (AvgIpc) is 2.66. The third-order valence-electron chi connectivity index (χ3n) is 1.85. The van der Waals surface area contributed by atoms with Crippen molar-refractivity contribution in [1.82, 2.24) is 10.6 Å². The lowest BCUT2D eigenvalue weighted by Crippen LogP contribution is -2.55. The van der Waals surface area contributed by atoms with Crippen molar-refractivity contribution in [3.8, 4) is 0 Å². The second-order valence-corrected chi connectivity index (χ2v) is 7.06. The molecular weight excluding hydrogens is 303 g/mol. The topological polar surface area (TPSA) is 41.1 Å². The van der Waals surface area contributed by atoms with Crippen LogP contribution >= 0.6 is 46.1 Å². The predicted octanol–water partition coefficient (Wildman–Crippen LogP) is 3.17. The summed E-state index contributed by atoms with van der Waals surface area (Å²) >= 11 is 18.8. The monoisotopic (exact) mass is 314 g/mol. The minimum atomic E-state index is -1.60. The van der Waals surface area contributed by atoms with E-state index in [-0.39, 0.29) is 11.9 Å². The summed E-state index contributed by atoms with van der Waals surface area (Å²) in [7, 11) is 0. The van der Waals surface area contributed by atoms with Crippen molar-refractivity contribution in [1.29, 1.82) is 0 Å². The van der Waals surface area contributed by atoms with Crippen molar-refractivity contribution in [2.45, 2.75) is 29.8 Å². The fourth-order valence-corrected chi connectivity index (χ4v) is 2.14. The van der Waals surface area contributed by atoms with E-state index >= 15 is 0 Å². The number of alkyl halides is 3. The number of carbonyl (C=O) groups excluding carboxylic acids is 1. The van der Waals surface area contributed by atoms with E-state index in [1.165, 1.54) is 11.3 Å². The highest BCUT2D eigenvalue weighted by atomic mass is 35.6. The van der Waals surface area contributed by atoms with Crippen molar-refractivity contribution in [2.24, 2.45) is 0 Å². The summed E-state index contributed by atoms with van der Waals surface area (Å²) in [6.07, 6.45) is -0.734. The Hall–Kier alpha value is -0.000000000000000111. The van der Waals surface area contributed by atoms with Crippen molar-refractivity contribution < 1.29 is 4.79 Å². The quantitative estimate of drug-likeness (QED) is 0.662. The van der Waals surface area contributed by atoms with Gasteiger partial charge in [-0.05, 0) is 25.3 Å². The summed E-state index contributed by atoms with van der Waals surface area (Å²) in [5.41, 5.74) is 0. The largest absolute Gasteiger partial charge is 0.332 e. The zero-order chi connectivity index (χ0) is 13.1. The van der Waals surface area contributed by atoms with Gasteiger partial charge in [0, 0.05) is 6.04 Å². The molecule has 0 spiro atoms. The number of thiophene rings is 1. The van der Waals surface area contributed by atoms with Crippen LogP contribution in [-0.2, 0) is 0 Å². The summed E-state index contributed by atoms with van der Waals surface area (Å²) in [5.74, 6) is -0.260. The number of hydrogen-bond donors (Lipinski definition) is 2. The molecule has 2 N–H and O–H groups in total. The van der Waals surface area contributed by atoms with Gasteiger partial charge in [-0.2, -0.15) is 0 Å². The molecule has 0 unspecified atom stereocenters. The molecule has 1 aromatic heterocycles. The van der Waals surface area contributed by atoms with Crippen molar-refractivity contribution in [2.75, 3.05) is 0 Å². The van der Waals surface area contributed by atoms with E-state index in [0.717, 1.165) is 0 Å². The Morgan fingerprint density at radius 1 is 1.41 bits per heavy atom. The van der Waals surface area contributed by atoms with Gasteiger partial charge >= 0.3 is 0 Å². The number of hydrogen-bond acceptors (Lipinski definition) is 3. The molecule has 0 bridgehead atoms. The molecule has 0 aromatic carbocycles. The summed E-state index contributed by atoms with van der Waals surface area (Å²) < 4.78 is -1.60. The van der Waals surface area contributed by atoms with Gasteiger partial charge in [0.05, 0.1) is 4.88 Å². The Morgan fingerprint density at radius 2 is 2.06 bits per heavy atom. The lowest BCUT2D eigenvalue weighted by Gasteiger charge is -2.28. The van der Waals surface area contributed by atoms with E-state index in [9.17, 15) is 4.79 Å². The standard InChI is InChI=1S/C10H13Cl3N2OS/c1-6(2)14-9(10(11,12)13)15-8(16)7-4-3-5-17-7/h3-6,9,14H,1-2H3,(H,15,16)/t9-/m1/s1. The first kappa shape index (κ1) is 15.1. The van der Waals surface area contributed by atoms with Crippen molar-refractivity contribution in [3.05, 3.63) is 22.4 Å². The minimum Gasteiger partial charge on any atom is -0.332 e. The zero-order valence-electron chi connectivity index (χ0n) is 9.34. The van der Waals surface area contributed by atoms with Crippen LogP contribution in [0.15, 0.2) is 17.5 Å². The van der Waals surface area contributed by atoms with Gasteiger partial charge in [0.1, 0.15) is 6.17 Å². The molecular formula is C10H13Cl3N2OS. The normalized spacial score (nSPS) is 13.8. The lowest BCUT2D eigenvalue weighted by molar-refractivity contribution is 0.0932. The maximum Gasteiger partial charge on any atom is 0.262 e. The number of halogens is 3. The van der Waals surface area contributed by atoms with Crippen LogP contribution in [0, 0.1) is 0 Å². The van der Waals surface area contributed by atoms with E-state index in [2.05, 4.69) is 10.6 Å². The van der Waals surface area contributed by atoms with Crippen LogP contribution in [0.3, 0.4) is 0 Å². The number of rotatable bonds is 4. The Labute approximate surface area is 119 Å². The molecule has 0 aliphatic carbocycles. The van der Waals surface area contributed by atoms with Gasteiger partial charge < -0.3 is 5.32 Å². The third-order valence-corrected chi connectivity index (χ3v) is 3.37. The summed E-state index contributed by atoms with van der Waals surface area (Å²) in [6, 6.07) is 3.59. The van der Waals surface area contributed by atoms with Gasteiger partial charge in [0.25, 0.3) is 5.91 Å². The SMILES string of the molecule is CC(C)N[C@H](NC(=O)c1cccs1)C(Cl)(Cl)Cl. The highest BCUT2D eigenvalue weighted by Crippen LogP contribution is 2.29. The molecule has 0 fully saturated rings. The van der Waals surface area contributed by atoms with Crippen LogP contribution < -0.4 is 10.6 Å². The van der Waals surface area contributed by atoms with Crippen molar-refractivity contribution >= 4 is 52.0 Å². The Balaban J connectivity index is 2.70. The Bertz CT molecular complexity index is 362.